The summed E-state index contributed by atoms with van der Waals surface area (Å²) in [6, 6.07) is 19.0. The summed E-state index contributed by atoms with van der Waals surface area (Å²) in [6.45, 7) is 2.97. The van der Waals surface area contributed by atoms with Crippen LogP contribution in [0.5, 0.6) is 0 Å². The standard InChI is InChI=1S/C21H23N3O3/c25-19-21(18-9-5-2-6-10-18,15-17-7-3-1-4-8-17)22-20(26)24(19)16-23-11-13-27-14-12-23/h1-10H,11-16H2,(H,22,26)/t21-/m1/s1. The van der Waals surface area contributed by atoms with Gasteiger partial charge >= 0.3 is 6.03 Å². The molecular weight excluding hydrogens is 342 g/mol. The molecule has 4 rings (SSSR count). The molecule has 3 amide bonds. The van der Waals surface area contributed by atoms with E-state index in [1.807, 2.05) is 60.7 Å². The number of rotatable bonds is 5. The SMILES string of the molecule is O=C1N[C@](Cc2ccccc2)(c2ccccc2)C(=O)N1CN1CCOCC1. The Morgan fingerprint density at radius 3 is 2.22 bits per heavy atom. The van der Waals surface area contributed by atoms with E-state index in [2.05, 4.69) is 10.2 Å². The van der Waals surface area contributed by atoms with Crippen LogP contribution in [0, 0.1) is 0 Å². The molecule has 0 bridgehead atoms. The molecule has 0 unspecified atom stereocenters. The van der Waals surface area contributed by atoms with Gasteiger partial charge in [-0.2, -0.15) is 0 Å². The Bertz CT molecular complexity index is 806. The van der Waals surface area contributed by atoms with E-state index in [0.717, 1.165) is 11.1 Å². The third-order valence-corrected chi connectivity index (χ3v) is 5.20. The highest BCUT2D eigenvalue weighted by Gasteiger charge is 2.52. The van der Waals surface area contributed by atoms with Crippen LogP contribution >= 0.6 is 0 Å². The Morgan fingerprint density at radius 1 is 0.926 bits per heavy atom. The maximum atomic E-state index is 13.5. The fourth-order valence-electron chi connectivity index (χ4n) is 3.74. The van der Waals surface area contributed by atoms with E-state index in [1.165, 1.54) is 4.90 Å². The number of hydrogen-bond donors (Lipinski definition) is 1. The minimum atomic E-state index is -1.08. The van der Waals surface area contributed by atoms with Crippen LogP contribution < -0.4 is 5.32 Å². The van der Waals surface area contributed by atoms with Gasteiger partial charge in [-0.25, -0.2) is 9.69 Å². The summed E-state index contributed by atoms with van der Waals surface area (Å²) in [4.78, 5) is 29.7. The highest BCUT2D eigenvalue weighted by Crippen LogP contribution is 2.33. The summed E-state index contributed by atoms with van der Waals surface area (Å²) in [7, 11) is 0. The Kier molecular flexibility index (Phi) is 4.92. The molecule has 0 radical (unpaired) electrons. The number of urea groups is 1. The topological polar surface area (TPSA) is 61.9 Å². The first-order chi connectivity index (χ1) is 13.2. The first-order valence-corrected chi connectivity index (χ1v) is 9.23. The highest BCUT2D eigenvalue weighted by atomic mass is 16.5. The van der Waals surface area contributed by atoms with Crippen LogP contribution in [0.1, 0.15) is 11.1 Å². The number of morpholine rings is 1. The lowest BCUT2D eigenvalue weighted by molar-refractivity contribution is -0.133. The van der Waals surface area contributed by atoms with Crippen molar-refractivity contribution in [1.29, 1.82) is 0 Å². The van der Waals surface area contributed by atoms with Crippen LogP contribution in [0.2, 0.25) is 0 Å². The van der Waals surface area contributed by atoms with Crippen molar-refractivity contribution in [3.63, 3.8) is 0 Å². The number of benzene rings is 2. The van der Waals surface area contributed by atoms with Gasteiger partial charge < -0.3 is 10.1 Å². The summed E-state index contributed by atoms with van der Waals surface area (Å²) in [5, 5.41) is 3.00. The van der Waals surface area contributed by atoms with Gasteiger partial charge in [0.1, 0.15) is 0 Å². The van der Waals surface area contributed by atoms with Crippen LogP contribution in [0.15, 0.2) is 60.7 Å². The number of carbonyl (C=O) groups excluding carboxylic acids is 2. The molecule has 0 spiro atoms. The predicted molar refractivity (Wildman–Crippen MR) is 101 cm³/mol. The van der Waals surface area contributed by atoms with Crippen LogP contribution in [0.25, 0.3) is 0 Å². The summed E-state index contributed by atoms with van der Waals surface area (Å²) in [5.41, 5.74) is 0.728. The highest BCUT2D eigenvalue weighted by molar-refractivity contribution is 6.07. The average Bonchev–Trinajstić information content (AvgIpc) is 2.95. The predicted octanol–water partition coefficient (Wildman–Crippen LogP) is 1.97. The Hall–Kier alpha value is -2.70. The van der Waals surface area contributed by atoms with Crippen molar-refractivity contribution in [2.45, 2.75) is 12.0 Å². The number of ether oxygens (including phenoxy) is 1. The van der Waals surface area contributed by atoms with Gasteiger partial charge in [0.05, 0.1) is 19.9 Å². The van der Waals surface area contributed by atoms with E-state index in [1.54, 1.807) is 0 Å². The lowest BCUT2D eigenvalue weighted by Crippen LogP contribution is -2.48. The summed E-state index contributed by atoms with van der Waals surface area (Å²) in [5.74, 6) is -0.200. The van der Waals surface area contributed by atoms with Crippen molar-refractivity contribution in [1.82, 2.24) is 15.1 Å². The van der Waals surface area contributed by atoms with Crippen molar-refractivity contribution >= 4 is 11.9 Å². The van der Waals surface area contributed by atoms with Crippen molar-refractivity contribution in [2.75, 3.05) is 33.0 Å². The average molecular weight is 365 g/mol. The molecule has 27 heavy (non-hydrogen) atoms. The molecule has 1 N–H and O–H groups in total. The van der Waals surface area contributed by atoms with Crippen LogP contribution in [-0.4, -0.2) is 54.7 Å². The minimum absolute atomic E-state index is 0.200. The van der Waals surface area contributed by atoms with E-state index >= 15 is 0 Å². The molecule has 2 heterocycles. The fourth-order valence-corrected chi connectivity index (χ4v) is 3.74. The summed E-state index contributed by atoms with van der Waals surface area (Å²) >= 11 is 0. The second-order valence-corrected chi connectivity index (χ2v) is 6.97. The van der Waals surface area contributed by atoms with Gasteiger partial charge in [-0.1, -0.05) is 60.7 Å². The first-order valence-electron chi connectivity index (χ1n) is 9.23. The van der Waals surface area contributed by atoms with Crippen LogP contribution in [0.4, 0.5) is 4.79 Å². The number of carbonyl (C=O) groups is 2. The monoisotopic (exact) mass is 365 g/mol. The first kappa shape index (κ1) is 17.7. The van der Waals surface area contributed by atoms with Gasteiger partial charge in [0.15, 0.2) is 5.54 Å². The molecule has 140 valence electrons. The molecule has 0 aromatic heterocycles. The van der Waals surface area contributed by atoms with Crippen molar-refractivity contribution < 1.29 is 14.3 Å². The maximum Gasteiger partial charge on any atom is 0.326 e. The molecule has 0 aliphatic carbocycles. The molecule has 2 aromatic carbocycles. The zero-order valence-corrected chi connectivity index (χ0v) is 15.1. The fraction of sp³-hybridized carbons (Fsp3) is 0.333. The van der Waals surface area contributed by atoms with Crippen molar-refractivity contribution in [3.8, 4) is 0 Å². The van der Waals surface area contributed by atoms with Gasteiger partial charge in [0, 0.05) is 19.5 Å². The van der Waals surface area contributed by atoms with Gasteiger partial charge in [-0.05, 0) is 11.1 Å². The second kappa shape index (κ2) is 7.50. The number of nitrogens with zero attached hydrogens (tertiary/aromatic N) is 2. The quantitative estimate of drug-likeness (QED) is 0.823. The third kappa shape index (κ3) is 3.46. The van der Waals surface area contributed by atoms with Gasteiger partial charge in [-0.3, -0.25) is 9.69 Å². The zero-order chi connectivity index (χ0) is 18.7. The number of hydrogen-bond acceptors (Lipinski definition) is 4. The molecule has 2 fully saturated rings. The minimum Gasteiger partial charge on any atom is -0.379 e. The Morgan fingerprint density at radius 2 is 1.56 bits per heavy atom. The molecule has 6 heteroatoms. The zero-order valence-electron chi connectivity index (χ0n) is 15.1. The van der Waals surface area contributed by atoms with Crippen molar-refractivity contribution in [2.24, 2.45) is 0 Å². The lowest BCUT2D eigenvalue weighted by atomic mass is 9.83. The summed E-state index contributed by atoms with van der Waals surface area (Å²) < 4.78 is 5.36. The Labute approximate surface area is 158 Å². The molecule has 2 saturated heterocycles. The van der Waals surface area contributed by atoms with Gasteiger partial charge in [0.25, 0.3) is 5.91 Å². The Balaban J connectivity index is 1.66. The molecule has 1 atom stereocenters. The van der Waals surface area contributed by atoms with Crippen LogP contribution in [-0.2, 0) is 21.5 Å². The van der Waals surface area contributed by atoms with Gasteiger partial charge in [0.2, 0.25) is 0 Å². The van der Waals surface area contributed by atoms with E-state index < -0.39 is 5.54 Å². The normalized spacial score (nSPS) is 23.5. The third-order valence-electron chi connectivity index (χ3n) is 5.20. The number of imide groups is 1. The van der Waals surface area contributed by atoms with E-state index in [0.29, 0.717) is 32.7 Å². The molecule has 2 aliphatic heterocycles. The number of amides is 3. The molecule has 2 aliphatic rings. The van der Waals surface area contributed by atoms with E-state index in [9.17, 15) is 9.59 Å². The second-order valence-electron chi connectivity index (χ2n) is 6.97. The van der Waals surface area contributed by atoms with Crippen LogP contribution in [0.3, 0.4) is 0 Å². The molecule has 2 aromatic rings. The van der Waals surface area contributed by atoms with E-state index in [4.69, 9.17) is 4.74 Å². The maximum absolute atomic E-state index is 13.5. The lowest BCUT2D eigenvalue weighted by Gasteiger charge is -2.31. The molecular formula is C21H23N3O3. The van der Waals surface area contributed by atoms with Gasteiger partial charge in [-0.15, -0.1) is 0 Å². The summed E-state index contributed by atoms with van der Waals surface area (Å²) in [6.07, 6.45) is 0.419. The molecule has 0 saturated carbocycles. The number of nitrogens with one attached hydrogen (secondary N) is 1. The largest absolute Gasteiger partial charge is 0.379 e. The van der Waals surface area contributed by atoms with Crippen molar-refractivity contribution in [3.05, 3.63) is 71.8 Å². The van der Waals surface area contributed by atoms with E-state index in [-0.39, 0.29) is 18.6 Å². The smallest absolute Gasteiger partial charge is 0.326 e. The molecule has 6 nitrogen and oxygen atoms in total.